The van der Waals surface area contributed by atoms with Crippen LogP contribution in [-0.4, -0.2) is 35.4 Å². The fourth-order valence-electron chi connectivity index (χ4n) is 1.23. The highest BCUT2D eigenvalue weighted by atomic mass is 15.3. The van der Waals surface area contributed by atoms with Crippen LogP contribution in [0.1, 0.15) is 25.2 Å². The zero-order chi connectivity index (χ0) is 14.1. The first-order valence-corrected chi connectivity index (χ1v) is 6.03. The number of hydrogen-bond donors (Lipinski definition) is 4. The summed E-state index contributed by atoms with van der Waals surface area (Å²) in [5, 5.41) is 7.17. The van der Waals surface area contributed by atoms with Gasteiger partial charge in [0.05, 0.1) is 0 Å². The highest BCUT2D eigenvalue weighted by molar-refractivity contribution is 5.95. The van der Waals surface area contributed by atoms with E-state index in [2.05, 4.69) is 9.98 Å². The van der Waals surface area contributed by atoms with Crippen LogP contribution in [0.25, 0.3) is 0 Å². The number of nitrogens with two attached hydrogens (primary N) is 2. The molecule has 1 aromatic rings. The molecular formula is C12H24N6. The molecule has 0 radical (unpaired) electrons. The van der Waals surface area contributed by atoms with Gasteiger partial charge in [0, 0.05) is 31.4 Å². The van der Waals surface area contributed by atoms with Crippen LogP contribution in [-0.2, 0) is 6.42 Å². The highest BCUT2D eigenvalue weighted by Crippen LogP contribution is 2.01. The molecule has 0 atom stereocenters. The van der Waals surface area contributed by atoms with Crippen molar-refractivity contribution in [1.82, 2.24) is 9.88 Å². The van der Waals surface area contributed by atoms with Gasteiger partial charge in [0.25, 0.3) is 0 Å². The van der Waals surface area contributed by atoms with Crippen molar-refractivity contribution in [3.8, 4) is 0 Å². The molecule has 6 nitrogen and oxygen atoms in total. The van der Waals surface area contributed by atoms with Crippen LogP contribution < -0.4 is 11.5 Å². The monoisotopic (exact) mass is 252 g/mol. The Bertz CT molecular complexity index is 393. The van der Waals surface area contributed by atoms with E-state index in [1.165, 1.54) is 4.90 Å². The first-order valence-electron chi connectivity index (χ1n) is 6.03. The Balaban J connectivity index is 0.00000137. The van der Waals surface area contributed by atoms with Gasteiger partial charge in [0.1, 0.15) is 0 Å². The molecule has 0 aliphatic carbocycles. The lowest BCUT2D eigenvalue weighted by Gasteiger charge is -2.14. The maximum Gasteiger partial charge on any atom is 0.197 e. The number of aromatic nitrogens is 1. The van der Waals surface area contributed by atoms with Gasteiger partial charge in [-0.2, -0.15) is 0 Å². The molecule has 0 spiro atoms. The van der Waals surface area contributed by atoms with Crippen molar-refractivity contribution in [1.29, 1.82) is 5.41 Å². The van der Waals surface area contributed by atoms with Crippen molar-refractivity contribution in [3.05, 3.63) is 23.5 Å². The third-order valence-corrected chi connectivity index (χ3v) is 2.25. The van der Waals surface area contributed by atoms with E-state index in [9.17, 15) is 0 Å². The number of nitrogens with one attached hydrogen (secondary N) is 2. The average molecular weight is 252 g/mol. The predicted molar refractivity (Wildman–Crippen MR) is 76.7 cm³/mol. The highest BCUT2D eigenvalue weighted by Gasteiger charge is 2.03. The van der Waals surface area contributed by atoms with E-state index in [4.69, 9.17) is 16.9 Å². The van der Waals surface area contributed by atoms with Crippen molar-refractivity contribution in [2.75, 3.05) is 13.6 Å². The molecule has 0 bridgehead atoms. The van der Waals surface area contributed by atoms with Gasteiger partial charge in [-0.15, -0.1) is 0 Å². The van der Waals surface area contributed by atoms with Crippen LogP contribution >= 0.6 is 0 Å². The van der Waals surface area contributed by atoms with Gasteiger partial charge in [0.2, 0.25) is 0 Å². The fraction of sp³-hybridized carbons (Fsp3) is 0.500. The third-order valence-electron chi connectivity index (χ3n) is 2.25. The normalized spacial score (nSPS) is 10.6. The molecule has 0 unspecified atom stereocenters. The lowest BCUT2D eigenvalue weighted by Crippen LogP contribution is -2.42. The summed E-state index contributed by atoms with van der Waals surface area (Å²) in [7, 11) is 1.61. The van der Waals surface area contributed by atoms with E-state index in [1.54, 1.807) is 7.05 Å². The number of rotatable bonds is 3. The summed E-state index contributed by atoms with van der Waals surface area (Å²) in [6, 6.07) is 4.04. The number of aliphatic imine (C=N–C) groups is 1. The molecular weight excluding hydrogens is 228 g/mol. The van der Waals surface area contributed by atoms with Gasteiger partial charge in [-0.3, -0.25) is 15.3 Å². The second-order valence-corrected chi connectivity index (χ2v) is 3.60. The van der Waals surface area contributed by atoms with Crippen molar-refractivity contribution >= 4 is 11.9 Å². The van der Waals surface area contributed by atoms with Gasteiger partial charge in [0.15, 0.2) is 11.9 Å². The molecule has 1 aromatic heterocycles. The molecule has 0 saturated heterocycles. The van der Waals surface area contributed by atoms with Crippen molar-refractivity contribution < 1.29 is 0 Å². The Kier molecular flexibility index (Phi) is 7.26. The zero-order valence-electron chi connectivity index (χ0n) is 11.6. The summed E-state index contributed by atoms with van der Waals surface area (Å²) >= 11 is 0. The molecule has 0 amide bonds. The van der Waals surface area contributed by atoms with E-state index in [0.29, 0.717) is 6.54 Å². The predicted octanol–water partition coefficient (Wildman–Crippen LogP) is 1.03. The second kappa shape index (κ2) is 8.16. The minimum atomic E-state index is -0.114. The van der Waals surface area contributed by atoms with Crippen molar-refractivity contribution in [2.24, 2.45) is 16.5 Å². The van der Waals surface area contributed by atoms with E-state index >= 15 is 0 Å². The molecule has 1 heterocycles. The van der Waals surface area contributed by atoms with Gasteiger partial charge < -0.3 is 16.5 Å². The van der Waals surface area contributed by atoms with Crippen LogP contribution in [0.15, 0.2) is 17.1 Å². The summed E-state index contributed by atoms with van der Waals surface area (Å²) in [5.74, 6) is 0.146. The van der Waals surface area contributed by atoms with Gasteiger partial charge in [-0.05, 0) is 19.1 Å². The minimum absolute atomic E-state index is 0.114. The quantitative estimate of drug-likeness (QED) is 0.476. The van der Waals surface area contributed by atoms with E-state index in [-0.39, 0.29) is 11.9 Å². The molecule has 18 heavy (non-hydrogen) atoms. The maximum absolute atomic E-state index is 7.17. The number of guanidine groups is 2. The number of aromatic amines is 1. The summed E-state index contributed by atoms with van der Waals surface area (Å²) < 4.78 is 0. The SMILES string of the molecule is CC.Cc1ccc(CCN=C(N)N(C)C(=N)N)[nH]1. The van der Waals surface area contributed by atoms with E-state index in [0.717, 1.165) is 17.8 Å². The number of nitrogens with zero attached hydrogens (tertiary/aromatic N) is 2. The van der Waals surface area contributed by atoms with Gasteiger partial charge in [-0.1, -0.05) is 13.8 Å². The number of H-pyrrole nitrogens is 1. The standard InChI is InChI=1S/C10H18N6.C2H6/c1-7-3-4-8(15-7)5-6-14-10(13)16(2)9(11)12;1-2/h3-4,15H,5-6H2,1-2H3,(H3,11,12)(H2,13,14);1-2H3. The lowest BCUT2D eigenvalue weighted by atomic mass is 10.3. The van der Waals surface area contributed by atoms with Crippen LogP contribution in [0.2, 0.25) is 0 Å². The summed E-state index contributed by atoms with van der Waals surface area (Å²) in [4.78, 5) is 8.67. The van der Waals surface area contributed by atoms with Crippen molar-refractivity contribution in [3.63, 3.8) is 0 Å². The lowest BCUT2D eigenvalue weighted by molar-refractivity contribution is 0.713. The Morgan fingerprint density at radius 3 is 2.44 bits per heavy atom. The summed E-state index contributed by atoms with van der Waals surface area (Å²) in [6.07, 6.45) is 0.792. The molecule has 0 fully saturated rings. The van der Waals surface area contributed by atoms with Gasteiger partial charge in [-0.25, -0.2) is 0 Å². The molecule has 0 aliphatic rings. The summed E-state index contributed by atoms with van der Waals surface area (Å²) in [5.41, 5.74) is 13.2. The number of hydrogen-bond acceptors (Lipinski definition) is 2. The molecule has 6 heteroatoms. The molecule has 0 aromatic carbocycles. The molecule has 102 valence electrons. The topological polar surface area (TPSA) is 107 Å². The Morgan fingerprint density at radius 2 is 2.00 bits per heavy atom. The Labute approximate surface area is 109 Å². The Hall–Kier alpha value is -1.98. The third kappa shape index (κ3) is 5.38. The zero-order valence-corrected chi connectivity index (χ0v) is 11.6. The van der Waals surface area contributed by atoms with E-state index < -0.39 is 0 Å². The van der Waals surface area contributed by atoms with Crippen LogP contribution in [0.3, 0.4) is 0 Å². The molecule has 0 saturated carbocycles. The average Bonchev–Trinajstić information content (AvgIpc) is 2.76. The molecule has 0 aliphatic heterocycles. The number of aryl methyl sites for hydroxylation is 1. The summed E-state index contributed by atoms with van der Waals surface area (Å²) in [6.45, 7) is 6.58. The van der Waals surface area contributed by atoms with Gasteiger partial charge >= 0.3 is 0 Å². The van der Waals surface area contributed by atoms with E-state index in [1.807, 2.05) is 32.9 Å². The molecule has 1 rings (SSSR count). The minimum Gasteiger partial charge on any atom is -0.370 e. The maximum atomic E-state index is 7.17. The fourth-order valence-corrected chi connectivity index (χ4v) is 1.23. The largest absolute Gasteiger partial charge is 0.370 e. The first-order chi connectivity index (χ1) is 8.50. The van der Waals surface area contributed by atoms with Crippen molar-refractivity contribution in [2.45, 2.75) is 27.2 Å². The van der Waals surface area contributed by atoms with Crippen LogP contribution in [0.4, 0.5) is 0 Å². The Morgan fingerprint density at radius 1 is 1.39 bits per heavy atom. The van der Waals surface area contributed by atoms with Crippen LogP contribution in [0, 0.1) is 12.3 Å². The molecule has 6 N–H and O–H groups in total. The second-order valence-electron chi connectivity index (χ2n) is 3.60. The van der Waals surface area contributed by atoms with Crippen LogP contribution in [0.5, 0.6) is 0 Å². The first kappa shape index (κ1) is 16.0. The smallest absolute Gasteiger partial charge is 0.197 e.